The van der Waals surface area contributed by atoms with Gasteiger partial charge >= 0.3 is 0 Å². The first-order chi connectivity index (χ1) is 5.49. The Hall–Kier alpha value is -0.530. The molecule has 2 nitrogen and oxygen atoms in total. The van der Waals surface area contributed by atoms with Crippen molar-refractivity contribution in [2.24, 2.45) is 5.41 Å². The number of carbonyl (C=O) groups is 1. The topological polar surface area (TPSA) is 20.3 Å². The molecule has 70 valence electrons. The van der Waals surface area contributed by atoms with Gasteiger partial charge in [-0.3, -0.25) is 4.79 Å². The van der Waals surface area contributed by atoms with Crippen LogP contribution in [0.4, 0.5) is 0 Å². The van der Waals surface area contributed by atoms with E-state index in [0.717, 1.165) is 32.4 Å². The fraction of sp³-hybridized carbons (Fsp3) is 0.900. The minimum absolute atomic E-state index is 0.347. The Balaban J connectivity index is 2.27. The molecule has 0 bridgehead atoms. The van der Waals surface area contributed by atoms with Gasteiger partial charge in [0, 0.05) is 19.5 Å². The number of rotatable bonds is 2. The van der Waals surface area contributed by atoms with Crippen molar-refractivity contribution in [2.45, 2.75) is 40.0 Å². The predicted octanol–water partition coefficient (Wildman–Crippen LogP) is 2.04. The highest BCUT2D eigenvalue weighted by Crippen LogP contribution is 2.20. The highest BCUT2D eigenvalue weighted by Gasteiger charge is 2.21. The molecule has 0 radical (unpaired) electrons. The summed E-state index contributed by atoms with van der Waals surface area (Å²) in [4.78, 5) is 13.2. The molecule has 1 amide bonds. The van der Waals surface area contributed by atoms with Crippen LogP contribution in [0, 0.1) is 5.41 Å². The predicted molar refractivity (Wildman–Crippen MR) is 49.9 cm³/mol. The number of hydrogen-bond donors (Lipinski definition) is 0. The minimum Gasteiger partial charge on any atom is -0.343 e. The van der Waals surface area contributed by atoms with E-state index in [1.54, 1.807) is 0 Å². The molecule has 2 heteroatoms. The molecule has 0 aromatic carbocycles. The van der Waals surface area contributed by atoms with Gasteiger partial charge < -0.3 is 4.90 Å². The average molecular weight is 169 g/mol. The zero-order valence-corrected chi connectivity index (χ0v) is 8.39. The fourth-order valence-corrected chi connectivity index (χ4v) is 1.41. The Bertz CT molecular complexity index is 169. The van der Waals surface area contributed by atoms with Crippen LogP contribution in [0.3, 0.4) is 0 Å². The summed E-state index contributed by atoms with van der Waals surface area (Å²) in [5.74, 6) is 0.347. The van der Waals surface area contributed by atoms with Gasteiger partial charge in [0.25, 0.3) is 0 Å². The Kier molecular flexibility index (Phi) is 2.76. The molecule has 1 aliphatic heterocycles. The average Bonchev–Trinajstić information content (AvgIpc) is 2.29. The van der Waals surface area contributed by atoms with Crippen LogP contribution < -0.4 is 0 Å². The molecule has 1 saturated heterocycles. The van der Waals surface area contributed by atoms with E-state index in [0.29, 0.717) is 11.3 Å². The van der Waals surface area contributed by atoms with Crippen LogP contribution in [0.15, 0.2) is 0 Å². The second-order valence-corrected chi connectivity index (χ2v) is 4.80. The zero-order valence-electron chi connectivity index (χ0n) is 8.39. The third kappa shape index (κ3) is 2.84. The second kappa shape index (κ2) is 3.46. The van der Waals surface area contributed by atoms with Crippen molar-refractivity contribution < 1.29 is 4.79 Å². The van der Waals surface area contributed by atoms with Gasteiger partial charge in [-0.2, -0.15) is 0 Å². The van der Waals surface area contributed by atoms with E-state index in [1.165, 1.54) is 0 Å². The maximum absolute atomic E-state index is 11.2. The highest BCUT2D eigenvalue weighted by molar-refractivity contribution is 5.77. The summed E-state index contributed by atoms with van der Waals surface area (Å²) < 4.78 is 0. The number of amides is 1. The first-order valence-corrected chi connectivity index (χ1v) is 4.77. The molecule has 0 aromatic rings. The molecule has 1 heterocycles. The van der Waals surface area contributed by atoms with Gasteiger partial charge in [0.1, 0.15) is 0 Å². The van der Waals surface area contributed by atoms with Gasteiger partial charge in [0.05, 0.1) is 0 Å². The Morgan fingerprint density at radius 1 is 1.42 bits per heavy atom. The largest absolute Gasteiger partial charge is 0.343 e. The highest BCUT2D eigenvalue weighted by atomic mass is 16.2. The monoisotopic (exact) mass is 169 g/mol. The van der Waals surface area contributed by atoms with Gasteiger partial charge in [-0.25, -0.2) is 0 Å². The smallest absolute Gasteiger partial charge is 0.222 e. The first kappa shape index (κ1) is 9.56. The van der Waals surface area contributed by atoms with Crippen LogP contribution >= 0.6 is 0 Å². The Morgan fingerprint density at radius 3 is 2.50 bits per heavy atom. The molecule has 12 heavy (non-hydrogen) atoms. The van der Waals surface area contributed by atoms with E-state index in [2.05, 4.69) is 20.8 Å². The summed E-state index contributed by atoms with van der Waals surface area (Å²) in [5.41, 5.74) is 0.350. The molecule has 1 aliphatic rings. The van der Waals surface area contributed by atoms with Crippen molar-refractivity contribution in [2.75, 3.05) is 13.1 Å². The molecule has 0 aliphatic carbocycles. The molecule has 1 rings (SSSR count). The lowest BCUT2D eigenvalue weighted by atomic mass is 9.92. The third-order valence-electron chi connectivity index (χ3n) is 2.30. The molecule has 0 N–H and O–H groups in total. The van der Waals surface area contributed by atoms with Crippen LogP contribution in [0.25, 0.3) is 0 Å². The fourth-order valence-electron chi connectivity index (χ4n) is 1.41. The second-order valence-electron chi connectivity index (χ2n) is 4.80. The van der Waals surface area contributed by atoms with E-state index in [1.807, 2.05) is 4.90 Å². The van der Waals surface area contributed by atoms with E-state index in [-0.39, 0.29) is 0 Å². The maximum Gasteiger partial charge on any atom is 0.222 e. The lowest BCUT2D eigenvalue weighted by Gasteiger charge is -2.22. The third-order valence-corrected chi connectivity index (χ3v) is 2.30. The first-order valence-electron chi connectivity index (χ1n) is 4.77. The van der Waals surface area contributed by atoms with Crippen molar-refractivity contribution in [1.82, 2.24) is 4.90 Å². The quantitative estimate of drug-likeness (QED) is 0.619. The standard InChI is InChI=1S/C10H19NO/c1-10(2,3)6-8-11-7-4-5-9(11)12/h4-8H2,1-3H3. The Morgan fingerprint density at radius 2 is 2.08 bits per heavy atom. The minimum atomic E-state index is 0.347. The van der Waals surface area contributed by atoms with Gasteiger partial charge in [0.15, 0.2) is 0 Å². The normalized spacial score (nSPS) is 18.9. The summed E-state index contributed by atoms with van der Waals surface area (Å²) in [5, 5.41) is 0. The van der Waals surface area contributed by atoms with E-state index in [9.17, 15) is 4.79 Å². The van der Waals surface area contributed by atoms with Crippen LogP contribution in [0.5, 0.6) is 0 Å². The van der Waals surface area contributed by atoms with E-state index in [4.69, 9.17) is 0 Å². The van der Waals surface area contributed by atoms with Crippen molar-refractivity contribution in [3.8, 4) is 0 Å². The molecule has 0 atom stereocenters. The summed E-state index contributed by atoms with van der Waals surface area (Å²) >= 11 is 0. The molecular weight excluding hydrogens is 150 g/mol. The van der Waals surface area contributed by atoms with Crippen LogP contribution in [-0.2, 0) is 4.79 Å². The number of hydrogen-bond acceptors (Lipinski definition) is 1. The number of nitrogens with zero attached hydrogens (tertiary/aromatic N) is 1. The Labute approximate surface area is 74.9 Å². The summed E-state index contributed by atoms with van der Waals surface area (Å²) in [7, 11) is 0. The molecule has 0 aromatic heterocycles. The van der Waals surface area contributed by atoms with Gasteiger partial charge in [-0.1, -0.05) is 20.8 Å². The van der Waals surface area contributed by atoms with Crippen molar-refractivity contribution in [1.29, 1.82) is 0 Å². The van der Waals surface area contributed by atoms with E-state index < -0.39 is 0 Å². The molecular formula is C10H19NO. The van der Waals surface area contributed by atoms with Crippen molar-refractivity contribution in [3.05, 3.63) is 0 Å². The van der Waals surface area contributed by atoms with E-state index >= 15 is 0 Å². The van der Waals surface area contributed by atoms with Crippen LogP contribution in [-0.4, -0.2) is 23.9 Å². The number of likely N-dealkylation sites (tertiary alicyclic amines) is 1. The van der Waals surface area contributed by atoms with Crippen molar-refractivity contribution in [3.63, 3.8) is 0 Å². The zero-order chi connectivity index (χ0) is 9.19. The summed E-state index contributed by atoms with van der Waals surface area (Å²) in [6, 6.07) is 0. The molecule has 0 unspecified atom stereocenters. The molecule has 0 saturated carbocycles. The lowest BCUT2D eigenvalue weighted by molar-refractivity contribution is -0.127. The van der Waals surface area contributed by atoms with Crippen molar-refractivity contribution >= 4 is 5.91 Å². The number of carbonyl (C=O) groups excluding carboxylic acids is 1. The van der Waals surface area contributed by atoms with Gasteiger partial charge in [-0.15, -0.1) is 0 Å². The SMILES string of the molecule is CC(C)(C)CCN1CCCC1=O. The van der Waals surface area contributed by atoms with Crippen LogP contribution in [0.1, 0.15) is 40.0 Å². The molecule has 1 fully saturated rings. The summed E-state index contributed by atoms with van der Waals surface area (Å²) in [6.07, 6.45) is 2.94. The van der Waals surface area contributed by atoms with Gasteiger partial charge in [0.2, 0.25) is 5.91 Å². The lowest BCUT2D eigenvalue weighted by Crippen LogP contribution is -2.28. The van der Waals surface area contributed by atoms with Gasteiger partial charge in [-0.05, 0) is 18.3 Å². The maximum atomic E-state index is 11.2. The van der Waals surface area contributed by atoms with Crippen LogP contribution in [0.2, 0.25) is 0 Å². The molecule has 0 spiro atoms. The summed E-state index contributed by atoms with van der Waals surface area (Å²) in [6.45, 7) is 8.58.